The summed E-state index contributed by atoms with van der Waals surface area (Å²) in [6, 6.07) is 12.5. The van der Waals surface area contributed by atoms with Crippen molar-refractivity contribution < 1.29 is 4.74 Å². The molecule has 2 aromatic heterocycles. The molecular formula is C14H7Cl2N5O. The first kappa shape index (κ1) is 13.2. The molecule has 0 aliphatic carbocycles. The number of hydrogen-bond donors (Lipinski definition) is 0. The van der Waals surface area contributed by atoms with Crippen molar-refractivity contribution in [3.63, 3.8) is 0 Å². The van der Waals surface area contributed by atoms with Gasteiger partial charge in [0.05, 0.1) is 5.02 Å². The Kier molecular flexibility index (Phi) is 3.06. The average molecular weight is 332 g/mol. The third-order valence-corrected chi connectivity index (χ3v) is 3.68. The fourth-order valence-corrected chi connectivity index (χ4v) is 2.47. The Morgan fingerprint density at radius 3 is 2.68 bits per heavy atom. The lowest BCUT2D eigenvalue weighted by atomic mass is 10.2. The van der Waals surface area contributed by atoms with E-state index in [-0.39, 0.29) is 0 Å². The third kappa shape index (κ3) is 2.13. The number of ether oxygens (including phenoxy) is 1. The van der Waals surface area contributed by atoms with Crippen molar-refractivity contribution in [2.24, 2.45) is 0 Å². The highest BCUT2D eigenvalue weighted by atomic mass is 35.5. The van der Waals surface area contributed by atoms with Crippen molar-refractivity contribution in [3.8, 4) is 11.6 Å². The van der Waals surface area contributed by atoms with Crippen LogP contribution in [-0.2, 0) is 0 Å². The molecule has 0 spiro atoms. The number of aromatic nitrogens is 5. The summed E-state index contributed by atoms with van der Waals surface area (Å²) in [5.74, 6) is 0.763. The van der Waals surface area contributed by atoms with E-state index in [4.69, 9.17) is 27.9 Å². The van der Waals surface area contributed by atoms with Gasteiger partial charge in [-0.25, -0.2) is 0 Å². The topological polar surface area (TPSA) is 65.2 Å². The Labute approximate surface area is 134 Å². The van der Waals surface area contributed by atoms with Gasteiger partial charge in [0.1, 0.15) is 5.75 Å². The van der Waals surface area contributed by atoms with Crippen LogP contribution in [0.2, 0.25) is 10.0 Å². The normalized spacial score (nSPS) is 11.2. The second-order valence-corrected chi connectivity index (χ2v) is 5.36. The summed E-state index contributed by atoms with van der Waals surface area (Å²) >= 11 is 12.1. The quantitative estimate of drug-likeness (QED) is 0.559. The van der Waals surface area contributed by atoms with Gasteiger partial charge in [-0.2, -0.15) is 0 Å². The third-order valence-electron chi connectivity index (χ3n) is 3.14. The molecule has 8 heteroatoms. The summed E-state index contributed by atoms with van der Waals surface area (Å²) in [5.41, 5.74) is 0.556. The van der Waals surface area contributed by atoms with Crippen LogP contribution in [0, 0.1) is 0 Å². The predicted molar refractivity (Wildman–Crippen MR) is 82.6 cm³/mol. The maximum atomic E-state index is 6.14. The van der Waals surface area contributed by atoms with Crippen LogP contribution in [0.1, 0.15) is 0 Å². The van der Waals surface area contributed by atoms with E-state index in [2.05, 4.69) is 20.6 Å². The average Bonchev–Trinajstić information content (AvgIpc) is 3.00. The van der Waals surface area contributed by atoms with Crippen LogP contribution in [0.4, 0.5) is 0 Å². The van der Waals surface area contributed by atoms with E-state index in [0.29, 0.717) is 27.3 Å². The largest absolute Gasteiger partial charge is 0.435 e. The minimum Gasteiger partial charge on any atom is -0.435 e. The van der Waals surface area contributed by atoms with Gasteiger partial charge in [0.25, 0.3) is 0 Å². The predicted octanol–water partition coefficient (Wildman–Crippen LogP) is 3.77. The molecule has 0 bridgehead atoms. The number of nitrogens with zero attached hydrogens (tertiary/aromatic N) is 5. The molecule has 0 radical (unpaired) electrons. The first-order valence-electron chi connectivity index (χ1n) is 6.32. The zero-order chi connectivity index (χ0) is 15.1. The SMILES string of the molecule is Clc1ccc(Cl)c(Oc2nn3nnnc3c3ccccc23)c1. The smallest absolute Gasteiger partial charge is 0.247 e. The number of tetrazole rings is 1. The Hall–Kier alpha value is -2.44. The van der Waals surface area contributed by atoms with Crippen molar-refractivity contribution in [2.45, 2.75) is 0 Å². The van der Waals surface area contributed by atoms with E-state index in [1.165, 1.54) is 4.63 Å². The van der Waals surface area contributed by atoms with Crippen LogP contribution in [0.15, 0.2) is 42.5 Å². The van der Waals surface area contributed by atoms with Crippen LogP contribution >= 0.6 is 23.2 Å². The lowest BCUT2D eigenvalue weighted by Gasteiger charge is -2.09. The molecule has 0 atom stereocenters. The van der Waals surface area contributed by atoms with Crippen LogP contribution in [0.25, 0.3) is 16.4 Å². The molecule has 22 heavy (non-hydrogen) atoms. The van der Waals surface area contributed by atoms with E-state index in [9.17, 15) is 0 Å². The summed E-state index contributed by atoms with van der Waals surface area (Å²) in [6.45, 7) is 0. The van der Waals surface area contributed by atoms with Crippen molar-refractivity contribution >= 4 is 39.6 Å². The first-order chi connectivity index (χ1) is 10.7. The summed E-state index contributed by atoms with van der Waals surface area (Å²) < 4.78 is 7.15. The van der Waals surface area contributed by atoms with Crippen molar-refractivity contribution in [3.05, 3.63) is 52.5 Å². The molecule has 0 unspecified atom stereocenters. The van der Waals surface area contributed by atoms with Gasteiger partial charge in [-0.05, 0) is 28.6 Å². The van der Waals surface area contributed by atoms with Gasteiger partial charge >= 0.3 is 0 Å². The monoisotopic (exact) mass is 331 g/mol. The summed E-state index contributed by atoms with van der Waals surface area (Å²) in [4.78, 5) is 0. The number of rotatable bonds is 2. The molecule has 4 rings (SSSR count). The molecule has 0 aliphatic rings. The minimum absolute atomic E-state index is 0.347. The van der Waals surface area contributed by atoms with Crippen LogP contribution in [-0.4, -0.2) is 25.3 Å². The number of benzene rings is 2. The molecule has 6 nitrogen and oxygen atoms in total. The zero-order valence-corrected chi connectivity index (χ0v) is 12.5. The summed E-state index contributed by atoms with van der Waals surface area (Å²) in [6.07, 6.45) is 0. The molecule has 2 heterocycles. The Bertz CT molecular complexity index is 1000. The van der Waals surface area contributed by atoms with Gasteiger partial charge in [0, 0.05) is 21.9 Å². The Morgan fingerprint density at radius 1 is 1.00 bits per heavy atom. The van der Waals surface area contributed by atoms with Gasteiger partial charge in [0.2, 0.25) is 11.5 Å². The highest BCUT2D eigenvalue weighted by Crippen LogP contribution is 2.34. The Balaban J connectivity index is 1.94. The van der Waals surface area contributed by atoms with Gasteiger partial charge in [-0.3, -0.25) is 0 Å². The maximum absolute atomic E-state index is 6.14. The van der Waals surface area contributed by atoms with E-state index >= 15 is 0 Å². The zero-order valence-electron chi connectivity index (χ0n) is 10.9. The van der Waals surface area contributed by atoms with E-state index in [0.717, 1.165) is 10.8 Å². The van der Waals surface area contributed by atoms with Crippen molar-refractivity contribution in [2.75, 3.05) is 0 Å². The number of hydrogen-bond acceptors (Lipinski definition) is 5. The molecule has 0 saturated heterocycles. The number of fused-ring (bicyclic) bond motifs is 3. The lowest BCUT2D eigenvalue weighted by molar-refractivity contribution is 0.454. The van der Waals surface area contributed by atoms with Gasteiger partial charge < -0.3 is 4.74 Å². The standard InChI is InChI=1S/C14H7Cl2N5O/c15-8-5-6-11(16)12(7-8)22-14-10-4-2-1-3-9(10)13-17-19-20-21(13)18-14/h1-7H. The molecule has 108 valence electrons. The van der Waals surface area contributed by atoms with Crippen molar-refractivity contribution in [1.82, 2.24) is 25.3 Å². The molecule has 2 aromatic carbocycles. The van der Waals surface area contributed by atoms with Gasteiger partial charge in [-0.15, -0.1) is 14.8 Å². The van der Waals surface area contributed by atoms with Gasteiger partial charge in [0.15, 0.2) is 0 Å². The molecule has 0 fully saturated rings. The number of halogens is 2. The fraction of sp³-hybridized carbons (Fsp3) is 0. The first-order valence-corrected chi connectivity index (χ1v) is 7.08. The highest BCUT2D eigenvalue weighted by molar-refractivity contribution is 6.34. The molecule has 0 N–H and O–H groups in total. The molecule has 0 aliphatic heterocycles. The van der Waals surface area contributed by atoms with Crippen LogP contribution in [0.3, 0.4) is 0 Å². The molecular weight excluding hydrogens is 325 g/mol. The van der Waals surface area contributed by atoms with E-state index in [1.54, 1.807) is 18.2 Å². The summed E-state index contributed by atoms with van der Waals surface area (Å²) in [5, 5.41) is 18.3. The van der Waals surface area contributed by atoms with Crippen LogP contribution in [0.5, 0.6) is 11.6 Å². The van der Waals surface area contributed by atoms with Gasteiger partial charge in [-0.1, -0.05) is 41.4 Å². The van der Waals surface area contributed by atoms with E-state index < -0.39 is 0 Å². The van der Waals surface area contributed by atoms with E-state index in [1.807, 2.05) is 24.3 Å². The fourth-order valence-electron chi connectivity index (χ4n) is 2.15. The summed E-state index contributed by atoms with van der Waals surface area (Å²) in [7, 11) is 0. The molecule has 4 aromatic rings. The minimum atomic E-state index is 0.347. The highest BCUT2D eigenvalue weighted by Gasteiger charge is 2.14. The molecule has 0 saturated carbocycles. The second kappa shape index (κ2) is 5.08. The van der Waals surface area contributed by atoms with Crippen LogP contribution < -0.4 is 4.74 Å². The van der Waals surface area contributed by atoms with Crippen molar-refractivity contribution in [1.29, 1.82) is 0 Å². The second-order valence-electron chi connectivity index (χ2n) is 4.52. The Morgan fingerprint density at radius 2 is 1.82 bits per heavy atom. The lowest BCUT2D eigenvalue weighted by Crippen LogP contribution is -1.99. The maximum Gasteiger partial charge on any atom is 0.247 e. The molecule has 0 amide bonds.